The third-order valence-electron chi connectivity index (χ3n) is 3.94. The molecule has 7 heteroatoms. The smallest absolute Gasteiger partial charge is 0.177 e. The summed E-state index contributed by atoms with van der Waals surface area (Å²) >= 11 is 0. The van der Waals surface area contributed by atoms with Crippen LogP contribution in [0.2, 0.25) is 0 Å². The van der Waals surface area contributed by atoms with Crippen LogP contribution in [0.5, 0.6) is 0 Å². The standard InChI is InChI=1S/C18H23NO4S2/c1-4-14-5-7-15(8-6-14)11-12-19-17-10-9-16(24(2,20)21)13-18(17)25(3,22)23/h5-10,13,19H,4,11-12H2,1-3H3. The first-order chi connectivity index (χ1) is 11.6. The minimum atomic E-state index is -3.55. The number of sulfone groups is 2. The predicted octanol–water partition coefficient (Wildman–Crippen LogP) is 2.71. The second-order valence-corrected chi connectivity index (χ2v) is 10.0. The van der Waals surface area contributed by atoms with E-state index in [0.29, 0.717) is 12.2 Å². The lowest BCUT2D eigenvalue weighted by atomic mass is 10.1. The Labute approximate surface area is 149 Å². The molecule has 0 amide bonds. The highest BCUT2D eigenvalue weighted by atomic mass is 32.2. The number of hydrogen-bond acceptors (Lipinski definition) is 5. The van der Waals surface area contributed by atoms with Gasteiger partial charge < -0.3 is 5.32 Å². The summed E-state index contributed by atoms with van der Waals surface area (Å²) in [5.74, 6) is 0. The monoisotopic (exact) mass is 381 g/mol. The zero-order chi connectivity index (χ0) is 18.7. The van der Waals surface area contributed by atoms with E-state index in [1.54, 1.807) is 0 Å². The van der Waals surface area contributed by atoms with Gasteiger partial charge in [0.1, 0.15) is 0 Å². The Morgan fingerprint density at radius 2 is 1.44 bits per heavy atom. The van der Waals surface area contributed by atoms with Crippen molar-refractivity contribution < 1.29 is 16.8 Å². The van der Waals surface area contributed by atoms with Gasteiger partial charge in [0, 0.05) is 19.1 Å². The van der Waals surface area contributed by atoms with Crippen molar-refractivity contribution in [2.24, 2.45) is 0 Å². The molecule has 136 valence electrons. The number of nitrogens with one attached hydrogen (secondary N) is 1. The molecule has 0 aliphatic carbocycles. The van der Waals surface area contributed by atoms with Gasteiger partial charge >= 0.3 is 0 Å². The molecule has 1 N–H and O–H groups in total. The third-order valence-corrected chi connectivity index (χ3v) is 6.19. The number of anilines is 1. The molecule has 0 heterocycles. The fraction of sp³-hybridized carbons (Fsp3) is 0.333. The molecule has 0 aromatic heterocycles. The Kier molecular flexibility index (Phi) is 5.90. The molecule has 0 fully saturated rings. The van der Waals surface area contributed by atoms with Gasteiger partial charge in [-0.3, -0.25) is 0 Å². The molecular weight excluding hydrogens is 358 g/mol. The van der Waals surface area contributed by atoms with Crippen LogP contribution in [0.1, 0.15) is 18.1 Å². The molecule has 0 atom stereocenters. The van der Waals surface area contributed by atoms with Crippen molar-refractivity contribution >= 4 is 25.4 Å². The summed E-state index contributed by atoms with van der Waals surface area (Å²) in [7, 11) is -7.01. The van der Waals surface area contributed by atoms with Gasteiger partial charge in [-0.1, -0.05) is 31.2 Å². The SMILES string of the molecule is CCc1ccc(CCNc2ccc(S(C)(=O)=O)cc2S(C)(=O)=O)cc1. The van der Waals surface area contributed by atoms with E-state index < -0.39 is 19.7 Å². The molecule has 0 bridgehead atoms. The maximum atomic E-state index is 12.0. The van der Waals surface area contributed by atoms with E-state index in [9.17, 15) is 16.8 Å². The molecule has 2 aromatic carbocycles. The Hall–Kier alpha value is -1.86. The van der Waals surface area contributed by atoms with Crippen molar-refractivity contribution in [1.82, 2.24) is 0 Å². The molecule has 0 spiro atoms. The summed E-state index contributed by atoms with van der Waals surface area (Å²) in [4.78, 5) is -0.00890. The summed E-state index contributed by atoms with van der Waals surface area (Å²) in [5.41, 5.74) is 2.84. The first-order valence-electron chi connectivity index (χ1n) is 7.97. The summed E-state index contributed by atoms with van der Waals surface area (Å²) in [5, 5.41) is 3.10. The number of aryl methyl sites for hydroxylation is 1. The quantitative estimate of drug-likeness (QED) is 0.798. The van der Waals surface area contributed by atoms with E-state index in [0.717, 1.165) is 30.9 Å². The van der Waals surface area contributed by atoms with Crippen LogP contribution in [0.3, 0.4) is 0 Å². The lowest BCUT2D eigenvalue weighted by Gasteiger charge is -2.12. The van der Waals surface area contributed by atoms with Gasteiger partial charge in [0.05, 0.1) is 15.5 Å². The van der Waals surface area contributed by atoms with E-state index in [-0.39, 0.29) is 9.79 Å². The molecule has 0 saturated heterocycles. The van der Waals surface area contributed by atoms with Crippen LogP contribution in [0.25, 0.3) is 0 Å². The second-order valence-electron chi connectivity index (χ2n) is 6.05. The number of benzene rings is 2. The zero-order valence-electron chi connectivity index (χ0n) is 14.6. The Morgan fingerprint density at radius 3 is 1.96 bits per heavy atom. The van der Waals surface area contributed by atoms with Crippen molar-refractivity contribution in [3.8, 4) is 0 Å². The molecule has 2 aromatic rings. The van der Waals surface area contributed by atoms with Gasteiger partial charge in [-0.2, -0.15) is 0 Å². The van der Waals surface area contributed by atoms with Gasteiger partial charge in [0.25, 0.3) is 0 Å². The molecule has 0 saturated carbocycles. The molecule has 0 radical (unpaired) electrons. The van der Waals surface area contributed by atoms with Crippen LogP contribution < -0.4 is 5.32 Å². The summed E-state index contributed by atoms with van der Waals surface area (Å²) in [6, 6.07) is 12.4. The van der Waals surface area contributed by atoms with Crippen LogP contribution in [-0.2, 0) is 32.5 Å². The average molecular weight is 382 g/mol. The summed E-state index contributed by atoms with van der Waals surface area (Å²) in [6.07, 6.45) is 3.86. The van der Waals surface area contributed by atoms with Crippen LogP contribution in [0.15, 0.2) is 52.3 Å². The lowest BCUT2D eigenvalue weighted by molar-refractivity contribution is 0.600. The van der Waals surface area contributed by atoms with Crippen LogP contribution in [0, 0.1) is 0 Å². The van der Waals surface area contributed by atoms with Crippen LogP contribution in [0.4, 0.5) is 5.69 Å². The van der Waals surface area contributed by atoms with Crippen molar-refractivity contribution in [2.45, 2.75) is 29.6 Å². The Bertz CT molecular complexity index is 947. The van der Waals surface area contributed by atoms with E-state index >= 15 is 0 Å². The average Bonchev–Trinajstić information content (AvgIpc) is 2.54. The van der Waals surface area contributed by atoms with Crippen molar-refractivity contribution in [3.05, 3.63) is 53.6 Å². The molecule has 25 heavy (non-hydrogen) atoms. The number of hydrogen-bond donors (Lipinski definition) is 1. The highest BCUT2D eigenvalue weighted by Crippen LogP contribution is 2.25. The van der Waals surface area contributed by atoms with Crippen LogP contribution >= 0.6 is 0 Å². The van der Waals surface area contributed by atoms with Gasteiger partial charge in [0.15, 0.2) is 19.7 Å². The maximum Gasteiger partial charge on any atom is 0.177 e. The maximum absolute atomic E-state index is 12.0. The number of rotatable bonds is 7. The summed E-state index contributed by atoms with van der Waals surface area (Å²) in [6.45, 7) is 2.65. The lowest BCUT2D eigenvalue weighted by Crippen LogP contribution is -2.10. The summed E-state index contributed by atoms with van der Waals surface area (Å²) < 4.78 is 47.3. The predicted molar refractivity (Wildman–Crippen MR) is 101 cm³/mol. The third kappa shape index (κ3) is 5.31. The van der Waals surface area contributed by atoms with E-state index in [4.69, 9.17) is 0 Å². The highest BCUT2D eigenvalue weighted by Gasteiger charge is 2.17. The Balaban J connectivity index is 2.18. The van der Waals surface area contributed by atoms with Gasteiger partial charge in [0.2, 0.25) is 0 Å². The van der Waals surface area contributed by atoms with Crippen LogP contribution in [-0.4, -0.2) is 35.9 Å². The van der Waals surface area contributed by atoms with E-state index in [2.05, 4.69) is 36.5 Å². The molecule has 0 aliphatic heterocycles. The fourth-order valence-corrected chi connectivity index (χ4v) is 4.07. The first kappa shape index (κ1) is 19.5. The molecule has 5 nitrogen and oxygen atoms in total. The van der Waals surface area contributed by atoms with E-state index in [1.807, 2.05) is 0 Å². The molecule has 0 aliphatic rings. The molecule has 2 rings (SSSR count). The molecule has 0 unspecified atom stereocenters. The van der Waals surface area contributed by atoms with Crippen molar-refractivity contribution in [3.63, 3.8) is 0 Å². The first-order valence-corrected chi connectivity index (χ1v) is 11.8. The van der Waals surface area contributed by atoms with Gasteiger partial charge in [-0.15, -0.1) is 0 Å². The fourth-order valence-electron chi connectivity index (χ4n) is 2.47. The van der Waals surface area contributed by atoms with Gasteiger partial charge in [-0.05, 0) is 42.2 Å². The van der Waals surface area contributed by atoms with Crippen molar-refractivity contribution in [2.75, 3.05) is 24.4 Å². The van der Waals surface area contributed by atoms with E-state index in [1.165, 1.54) is 23.8 Å². The Morgan fingerprint density at radius 1 is 0.840 bits per heavy atom. The minimum absolute atomic E-state index is 0.00300. The zero-order valence-corrected chi connectivity index (χ0v) is 16.2. The van der Waals surface area contributed by atoms with Gasteiger partial charge in [-0.25, -0.2) is 16.8 Å². The largest absolute Gasteiger partial charge is 0.384 e. The normalized spacial score (nSPS) is 12.1. The topological polar surface area (TPSA) is 80.3 Å². The molecular formula is C18H23NO4S2. The highest BCUT2D eigenvalue weighted by molar-refractivity contribution is 7.91. The van der Waals surface area contributed by atoms with Crippen molar-refractivity contribution in [1.29, 1.82) is 0 Å². The minimum Gasteiger partial charge on any atom is -0.384 e. The second kappa shape index (κ2) is 7.58.